The summed E-state index contributed by atoms with van der Waals surface area (Å²) >= 11 is 3.52. The van der Waals surface area contributed by atoms with Crippen LogP contribution in [0.3, 0.4) is 0 Å². The molecule has 3 heteroatoms. The van der Waals surface area contributed by atoms with Crippen molar-refractivity contribution in [2.24, 2.45) is 0 Å². The fraction of sp³-hybridized carbons (Fsp3) is 0.429. The molecule has 1 unspecified atom stereocenters. The summed E-state index contributed by atoms with van der Waals surface area (Å²) in [6.45, 7) is 2.26. The number of unbranched alkanes of at least 4 members (excludes halogenated alkanes) is 4. The Morgan fingerprint density at radius 2 is 1.58 bits per heavy atom. The smallest absolute Gasteiger partial charge is 0.119 e. The van der Waals surface area contributed by atoms with Crippen molar-refractivity contribution in [3.8, 4) is 5.75 Å². The monoisotopic (exact) mass is 389 g/mol. The molecule has 2 rings (SSSR count). The Hall–Kier alpha value is -1.48. The highest BCUT2D eigenvalue weighted by molar-refractivity contribution is 9.10. The third-order valence-electron chi connectivity index (χ3n) is 4.30. The lowest BCUT2D eigenvalue weighted by Gasteiger charge is -2.21. The van der Waals surface area contributed by atoms with Crippen LogP contribution < -0.4 is 10.1 Å². The zero-order valence-electron chi connectivity index (χ0n) is 14.7. The Bertz CT molecular complexity index is 580. The number of rotatable bonds is 10. The average molecular weight is 390 g/mol. The number of nitrogens with one attached hydrogen (secondary N) is 1. The van der Waals surface area contributed by atoms with Gasteiger partial charge >= 0.3 is 0 Å². The van der Waals surface area contributed by atoms with Gasteiger partial charge in [0.25, 0.3) is 0 Å². The molecule has 0 fully saturated rings. The molecule has 24 heavy (non-hydrogen) atoms. The zero-order chi connectivity index (χ0) is 17.2. The van der Waals surface area contributed by atoms with Gasteiger partial charge in [0.05, 0.1) is 13.2 Å². The maximum Gasteiger partial charge on any atom is 0.119 e. The first-order valence-electron chi connectivity index (χ1n) is 8.89. The van der Waals surface area contributed by atoms with Crippen LogP contribution in [-0.2, 0) is 0 Å². The largest absolute Gasteiger partial charge is 0.497 e. The molecule has 1 N–H and O–H groups in total. The van der Waals surface area contributed by atoms with Crippen LogP contribution in [0.5, 0.6) is 5.75 Å². The number of hydrogen-bond acceptors (Lipinski definition) is 2. The lowest BCUT2D eigenvalue weighted by molar-refractivity contribution is 0.415. The van der Waals surface area contributed by atoms with Gasteiger partial charge in [-0.05, 0) is 48.4 Å². The van der Waals surface area contributed by atoms with E-state index in [4.69, 9.17) is 4.74 Å². The van der Waals surface area contributed by atoms with Crippen molar-refractivity contribution in [3.63, 3.8) is 0 Å². The number of anilines is 1. The van der Waals surface area contributed by atoms with Crippen LogP contribution in [0.1, 0.15) is 57.1 Å². The van der Waals surface area contributed by atoms with Gasteiger partial charge in [0.15, 0.2) is 0 Å². The molecule has 0 amide bonds. The van der Waals surface area contributed by atoms with Gasteiger partial charge in [-0.25, -0.2) is 0 Å². The van der Waals surface area contributed by atoms with Gasteiger partial charge in [0.2, 0.25) is 0 Å². The first-order valence-corrected chi connectivity index (χ1v) is 9.68. The summed E-state index contributed by atoms with van der Waals surface area (Å²) in [5.41, 5.74) is 2.47. The zero-order valence-corrected chi connectivity index (χ0v) is 16.3. The molecule has 2 aromatic rings. The summed E-state index contributed by atoms with van der Waals surface area (Å²) in [4.78, 5) is 0. The van der Waals surface area contributed by atoms with Crippen LogP contribution in [0.25, 0.3) is 0 Å². The summed E-state index contributed by atoms with van der Waals surface area (Å²) in [7, 11) is 1.70. The molecule has 2 aromatic carbocycles. The first-order chi connectivity index (χ1) is 11.7. The van der Waals surface area contributed by atoms with Gasteiger partial charge in [-0.2, -0.15) is 0 Å². The van der Waals surface area contributed by atoms with E-state index in [2.05, 4.69) is 64.6 Å². The van der Waals surface area contributed by atoms with Crippen LogP contribution in [0.4, 0.5) is 5.69 Å². The van der Waals surface area contributed by atoms with Gasteiger partial charge in [0.1, 0.15) is 5.75 Å². The van der Waals surface area contributed by atoms with Crippen molar-refractivity contribution in [2.45, 2.75) is 51.5 Å². The molecule has 0 radical (unpaired) electrons. The minimum absolute atomic E-state index is 0.341. The van der Waals surface area contributed by atoms with E-state index in [0.717, 1.165) is 22.3 Å². The van der Waals surface area contributed by atoms with E-state index in [1.54, 1.807) is 7.11 Å². The fourth-order valence-electron chi connectivity index (χ4n) is 2.86. The van der Waals surface area contributed by atoms with Gasteiger partial charge in [-0.15, -0.1) is 0 Å². The maximum absolute atomic E-state index is 5.24. The SMILES string of the molecule is CCCCCCCC(Nc1ccc(OC)cc1)c1ccc(Br)cc1. The molecule has 0 heterocycles. The second-order valence-corrected chi connectivity index (χ2v) is 7.10. The van der Waals surface area contributed by atoms with E-state index in [1.165, 1.54) is 37.7 Å². The van der Waals surface area contributed by atoms with Crippen molar-refractivity contribution in [3.05, 3.63) is 58.6 Å². The lowest BCUT2D eigenvalue weighted by Crippen LogP contribution is -2.11. The second kappa shape index (κ2) is 10.4. The number of methoxy groups -OCH3 is 1. The van der Waals surface area contributed by atoms with Crippen LogP contribution in [-0.4, -0.2) is 7.11 Å². The van der Waals surface area contributed by atoms with Crippen LogP contribution in [0.15, 0.2) is 53.0 Å². The highest BCUT2D eigenvalue weighted by Gasteiger charge is 2.11. The number of halogens is 1. The number of benzene rings is 2. The van der Waals surface area contributed by atoms with Crippen LogP contribution in [0.2, 0.25) is 0 Å². The van der Waals surface area contributed by atoms with Gasteiger partial charge in [-0.1, -0.05) is 67.1 Å². The Labute approximate surface area is 154 Å². The average Bonchev–Trinajstić information content (AvgIpc) is 2.62. The minimum Gasteiger partial charge on any atom is -0.497 e. The molecule has 0 aromatic heterocycles. The topological polar surface area (TPSA) is 21.3 Å². The van der Waals surface area contributed by atoms with Crippen molar-refractivity contribution in [1.82, 2.24) is 0 Å². The third kappa shape index (κ3) is 6.20. The summed E-state index contributed by atoms with van der Waals surface area (Å²) in [6.07, 6.45) is 7.69. The molecule has 0 aliphatic carbocycles. The quantitative estimate of drug-likeness (QED) is 0.442. The van der Waals surface area contributed by atoms with Gasteiger partial charge in [-0.3, -0.25) is 0 Å². The van der Waals surface area contributed by atoms with E-state index in [9.17, 15) is 0 Å². The molecule has 0 saturated carbocycles. The lowest BCUT2D eigenvalue weighted by atomic mass is 9.99. The molecule has 1 atom stereocenters. The van der Waals surface area contributed by atoms with E-state index in [-0.39, 0.29) is 0 Å². The van der Waals surface area contributed by atoms with E-state index in [0.29, 0.717) is 6.04 Å². The predicted octanol–water partition coefficient (Wildman–Crippen LogP) is 6.97. The Morgan fingerprint density at radius 1 is 0.917 bits per heavy atom. The van der Waals surface area contributed by atoms with Crippen molar-refractivity contribution in [2.75, 3.05) is 12.4 Å². The summed E-state index contributed by atoms with van der Waals surface area (Å²) in [5.74, 6) is 0.889. The van der Waals surface area contributed by atoms with Crippen molar-refractivity contribution < 1.29 is 4.74 Å². The van der Waals surface area contributed by atoms with Crippen molar-refractivity contribution >= 4 is 21.6 Å². The summed E-state index contributed by atoms with van der Waals surface area (Å²) in [6, 6.07) is 17.2. The van der Waals surface area contributed by atoms with Crippen LogP contribution >= 0.6 is 15.9 Å². The first kappa shape index (κ1) is 18.9. The van der Waals surface area contributed by atoms with Gasteiger partial charge in [0, 0.05) is 10.2 Å². The molecule has 0 saturated heterocycles. The summed E-state index contributed by atoms with van der Waals surface area (Å²) in [5, 5.41) is 3.69. The predicted molar refractivity (Wildman–Crippen MR) is 107 cm³/mol. The molecular weight excluding hydrogens is 362 g/mol. The number of hydrogen-bond donors (Lipinski definition) is 1. The molecule has 2 nitrogen and oxygen atoms in total. The second-order valence-electron chi connectivity index (χ2n) is 6.18. The Morgan fingerprint density at radius 3 is 2.21 bits per heavy atom. The standard InChI is InChI=1S/C21H28BrNO/c1-3-4-5-6-7-8-21(17-9-11-18(22)12-10-17)23-19-13-15-20(24-2)16-14-19/h9-16,21,23H,3-8H2,1-2H3. The fourth-order valence-corrected chi connectivity index (χ4v) is 3.12. The highest BCUT2D eigenvalue weighted by Crippen LogP contribution is 2.27. The molecule has 0 spiro atoms. The van der Waals surface area contributed by atoms with E-state index < -0.39 is 0 Å². The minimum atomic E-state index is 0.341. The Balaban J connectivity index is 2.01. The molecule has 0 aliphatic heterocycles. The van der Waals surface area contributed by atoms with E-state index >= 15 is 0 Å². The van der Waals surface area contributed by atoms with Crippen LogP contribution in [0, 0.1) is 0 Å². The number of ether oxygens (including phenoxy) is 1. The third-order valence-corrected chi connectivity index (χ3v) is 4.83. The normalized spacial score (nSPS) is 12.0. The van der Waals surface area contributed by atoms with E-state index in [1.807, 2.05) is 12.1 Å². The molecule has 130 valence electrons. The highest BCUT2D eigenvalue weighted by atomic mass is 79.9. The Kier molecular flexibility index (Phi) is 8.17. The molecule has 0 bridgehead atoms. The maximum atomic E-state index is 5.24. The van der Waals surface area contributed by atoms with Gasteiger partial charge < -0.3 is 10.1 Å². The molecule has 0 aliphatic rings. The molecular formula is C21H28BrNO. The summed E-state index contributed by atoms with van der Waals surface area (Å²) < 4.78 is 6.36. The van der Waals surface area contributed by atoms with Crippen molar-refractivity contribution in [1.29, 1.82) is 0 Å².